The van der Waals surface area contributed by atoms with Crippen LogP contribution in [0.1, 0.15) is 37.3 Å². The van der Waals surface area contributed by atoms with Crippen LogP contribution in [0.5, 0.6) is 0 Å². The first kappa shape index (κ1) is 11.2. The summed E-state index contributed by atoms with van der Waals surface area (Å²) in [5.74, 6) is 1.86. The molecule has 0 bridgehead atoms. The van der Waals surface area contributed by atoms with Crippen LogP contribution in [0.15, 0.2) is 15.0 Å². The predicted octanol–water partition coefficient (Wildman–Crippen LogP) is 2.66. The third-order valence-corrected chi connectivity index (χ3v) is 3.73. The van der Waals surface area contributed by atoms with Crippen molar-refractivity contribution in [2.24, 2.45) is 5.73 Å². The van der Waals surface area contributed by atoms with E-state index >= 15 is 0 Å². The van der Waals surface area contributed by atoms with Gasteiger partial charge in [-0.25, -0.2) is 0 Å². The second-order valence-corrected chi connectivity index (χ2v) is 4.90. The molecule has 1 saturated heterocycles. The molecule has 0 saturated carbocycles. The average Bonchev–Trinajstić information content (AvgIpc) is 2.85. The Labute approximate surface area is 98.7 Å². The number of furan rings is 1. The first-order valence-corrected chi connectivity index (χ1v) is 6.24. The molecular weight excluding hydrogens is 256 g/mol. The van der Waals surface area contributed by atoms with E-state index in [4.69, 9.17) is 10.2 Å². The largest absolute Gasteiger partial charge is 0.462 e. The normalized spacial score (nSPS) is 19.7. The molecule has 1 aromatic rings. The summed E-state index contributed by atoms with van der Waals surface area (Å²) in [5, 5.41) is 0. The van der Waals surface area contributed by atoms with Crippen molar-refractivity contribution >= 4 is 15.9 Å². The number of nitrogens with two attached hydrogens (primary N) is 1. The SMILES string of the molecule is CC(c1cc(Br)c(CN)o1)N1CCCC1. The molecule has 2 N–H and O–H groups in total. The van der Waals surface area contributed by atoms with Gasteiger partial charge in [-0.1, -0.05) is 0 Å². The molecule has 0 aromatic carbocycles. The Bertz CT molecular complexity index is 331. The molecule has 0 aliphatic carbocycles. The molecule has 1 aromatic heterocycles. The quantitative estimate of drug-likeness (QED) is 0.920. The molecule has 0 amide bonds. The standard InChI is InChI=1S/C11H17BrN2O/c1-8(14-4-2-3-5-14)10-6-9(12)11(7-13)15-10/h6,8H,2-5,7,13H2,1H3. The summed E-state index contributed by atoms with van der Waals surface area (Å²) >= 11 is 3.46. The van der Waals surface area contributed by atoms with Crippen LogP contribution in [-0.4, -0.2) is 18.0 Å². The fraction of sp³-hybridized carbons (Fsp3) is 0.636. The molecule has 2 heterocycles. The van der Waals surface area contributed by atoms with Crippen LogP contribution in [0, 0.1) is 0 Å². The molecule has 15 heavy (non-hydrogen) atoms. The summed E-state index contributed by atoms with van der Waals surface area (Å²) < 4.78 is 6.72. The molecule has 1 aliphatic rings. The van der Waals surface area contributed by atoms with Crippen LogP contribution < -0.4 is 5.73 Å². The van der Waals surface area contributed by atoms with E-state index < -0.39 is 0 Å². The maximum absolute atomic E-state index is 5.72. The summed E-state index contributed by atoms with van der Waals surface area (Å²) in [6.45, 7) is 5.00. The Morgan fingerprint density at radius 3 is 2.73 bits per heavy atom. The predicted molar refractivity (Wildman–Crippen MR) is 63.5 cm³/mol. The topological polar surface area (TPSA) is 42.4 Å². The average molecular weight is 273 g/mol. The van der Waals surface area contributed by atoms with E-state index in [9.17, 15) is 0 Å². The molecule has 1 fully saturated rings. The van der Waals surface area contributed by atoms with Gasteiger partial charge in [0.05, 0.1) is 17.1 Å². The van der Waals surface area contributed by atoms with Gasteiger partial charge in [0.2, 0.25) is 0 Å². The smallest absolute Gasteiger partial charge is 0.131 e. The summed E-state index contributed by atoms with van der Waals surface area (Å²) in [6, 6.07) is 2.41. The molecule has 0 radical (unpaired) electrons. The van der Waals surface area contributed by atoms with Gasteiger partial charge < -0.3 is 10.2 Å². The van der Waals surface area contributed by atoms with Crippen molar-refractivity contribution in [3.05, 3.63) is 22.1 Å². The number of likely N-dealkylation sites (tertiary alicyclic amines) is 1. The van der Waals surface area contributed by atoms with E-state index in [1.54, 1.807) is 0 Å². The number of rotatable bonds is 3. The fourth-order valence-corrected chi connectivity index (χ4v) is 2.55. The van der Waals surface area contributed by atoms with Gasteiger partial charge in [-0.05, 0) is 54.9 Å². The first-order chi connectivity index (χ1) is 7.22. The van der Waals surface area contributed by atoms with Crippen molar-refractivity contribution in [1.82, 2.24) is 4.90 Å². The van der Waals surface area contributed by atoms with E-state index in [2.05, 4.69) is 27.8 Å². The Hall–Kier alpha value is -0.320. The lowest BCUT2D eigenvalue weighted by molar-refractivity contribution is 0.228. The van der Waals surface area contributed by atoms with Crippen molar-refractivity contribution in [3.8, 4) is 0 Å². The Morgan fingerprint density at radius 1 is 1.53 bits per heavy atom. The lowest BCUT2D eigenvalue weighted by Gasteiger charge is -2.21. The van der Waals surface area contributed by atoms with Crippen molar-refractivity contribution < 1.29 is 4.42 Å². The summed E-state index contributed by atoms with van der Waals surface area (Å²) in [5.41, 5.74) is 5.58. The molecule has 84 valence electrons. The monoisotopic (exact) mass is 272 g/mol. The number of halogens is 1. The van der Waals surface area contributed by atoms with Gasteiger partial charge >= 0.3 is 0 Å². The third kappa shape index (κ3) is 2.27. The summed E-state index contributed by atoms with van der Waals surface area (Å²) in [6.07, 6.45) is 2.60. The number of hydrogen-bond donors (Lipinski definition) is 1. The van der Waals surface area contributed by atoms with Crippen LogP contribution in [-0.2, 0) is 6.54 Å². The maximum Gasteiger partial charge on any atom is 0.131 e. The van der Waals surface area contributed by atoms with E-state index in [0.29, 0.717) is 12.6 Å². The van der Waals surface area contributed by atoms with Crippen molar-refractivity contribution in [1.29, 1.82) is 0 Å². The minimum atomic E-state index is 0.365. The molecule has 1 atom stereocenters. The molecule has 4 heteroatoms. The van der Waals surface area contributed by atoms with Crippen LogP contribution in [0.2, 0.25) is 0 Å². The molecule has 1 unspecified atom stereocenters. The minimum absolute atomic E-state index is 0.365. The zero-order chi connectivity index (χ0) is 10.8. The maximum atomic E-state index is 5.72. The minimum Gasteiger partial charge on any atom is -0.462 e. The Kier molecular flexibility index (Phi) is 3.49. The lowest BCUT2D eigenvalue weighted by atomic mass is 10.2. The van der Waals surface area contributed by atoms with E-state index in [1.807, 2.05) is 6.07 Å². The van der Waals surface area contributed by atoms with Gasteiger partial charge in [-0.3, -0.25) is 4.90 Å². The second-order valence-electron chi connectivity index (χ2n) is 4.04. The Balaban J connectivity index is 2.13. The van der Waals surface area contributed by atoms with Gasteiger partial charge in [0.15, 0.2) is 0 Å². The number of nitrogens with zero attached hydrogens (tertiary/aromatic N) is 1. The molecular formula is C11H17BrN2O. The zero-order valence-corrected chi connectivity index (χ0v) is 10.6. The first-order valence-electron chi connectivity index (χ1n) is 5.44. The van der Waals surface area contributed by atoms with Gasteiger partial charge in [-0.15, -0.1) is 0 Å². The zero-order valence-electron chi connectivity index (χ0n) is 9.00. The van der Waals surface area contributed by atoms with E-state index in [1.165, 1.54) is 25.9 Å². The van der Waals surface area contributed by atoms with Gasteiger partial charge in [0.25, 0.3) is 0 Å². The molecule has 0 spiro atoms. The van der Waals surface area contributed by atoms with Gasteiger partial charge in [0.1, 0.15) is 11.5 Å². The van der Waals surface area contributed by atoms with Crippen molar-refractivity contribution in [2.45, 2.75) is 32.4 Å². The highest BCUT2D eigenvalue weighted by atomic mass is 79.9. The van der Waals surface area contributed by atoms with E-state index in [0.717, 1.165) is 16.0 Å². The highest BCUT2D eigenvalue weighted by Crippen LogP contribution is 2.30. The van der Waals surface area contributed by atoms with Crippen LogP contribution in [0.4, 0.5) is 0 Å². The Morgan fingerprint density at radius 2 is 2.20 bits per heavy atom. The fourth-order valence-electron chi connectivity index (χ4n) is 2.08. The molecule has 3 nitrogen and oxygen atoms in total. The third-order valence-electron chi connectivity index (χ3n) is 3.06. The molecule has 2 rings (SSSR count). The lowest BCUT2D eigenvalue weighted by Crippen LogP contribution is -2.22. The van der Waals surface area contributed by atoms with Gasteiger partial charge in [0, 0.05) is 0 Å². The second kappa shape index (κ2) is 4.68. The van der Waals surface area contributed by atoms with Gasteiger partial charge in [-0.2, -0.15) is 0 Å². The van der Waals surface area contributed by atoms with Crippen molar-refractivity contribution in [2.75, 3.05) is 13.1 Å². The van der Waals surface area contributed by atoms with E-state index in [-0.39, 0.29) is 0 Å². The van der Waals surface area contributed by atoms with Crippen molar-refractivity contribution in [3.63, 3.8) is 0 Å². The highest BCUT2D eigenvalue weighted by Gasteiger charge is 2.22. The van der Waals surface area contributed by atoms with Crippen LogP contribution in [0.25, 0.3) is 0 Å². The van der Waals surface area contributed by atoms with Crippen LogP contribution in [0.3, 0.4) is 0 Å². The highest BCUT2D eigenvalue weighted by molar-refractivity contribution is 9.10. The summed E-state index contributed by atoms with van der Waals surface area (Å²) in [7, 11) is 0. The number of hydrogen-bond acceptors (Lipinski definition) is 3. The van der Waals surface area contributed by atoms with Crippen LogP contribution >= 0.6 is 15.9 Å². The summed E-state index contributed by atoms with van der Waals surface area (Å²) in [4.78, 5) is 2.45. The molecule has 1 aliphatic heterocycles.